The predicted octanol–water partition coefficient (Wildman–Crippen LogP) is 0.829. The fraction of sp³-hybridized carbons (Fsp3) is 0.923. The maximum absolute atomic E-state index is 12.1. The van der Waals surface area contributed by atoms with E-state index in [1.54, 1.807) is 0 Å². The Morgan fingerprint density at radius 2 is 2.18 bits per heavy atom. The Morgan fingerprint density at radius 3 is 2.88 bits per heavy atom. The summed E-state index contributed by atoms with van der Waals surface area (Å²) in [5.74, 6) is 0.389. The molecule has 1 N–H and O–H groups in total. The van der Waals surface area contributed by atoms with Crippen molar-refractivity contribution in [2.24, 2.45) is 5.92 Å². The van der Waals surface area contributed by atoms with Crippen LogP contribution in [0.15, 0.2) is 0 Å². The first kappa shape index (κ1) is 13.0. The molecule has 2 saturated heterocycles. The van der Waals surface area contributed by atoms with Crippen LogP contribution < -0.4 is 0 Å². The number of Topliss-reactive ketones (excluding diaryl/α,β-unsaturated/α-hetero) is 1. The number of hydrogen-bond donors (Lipinski definition) is 1. The first-order valence-corrected chi connectivity index (χ1v) is 6.76. The lowest BCUT2D eigenvalue weighted by molar-refractivity contribution is -0.124. The van der Waals surface area contributed by atoms with Crippen LogP contribution in [0, 0.1) is 5.92 Å². The highest BCUT2D eigenvalue weighted by atomic mass is 16.5. The Kier molecular flexibility index (Phi) is 4.95. The van der Waals surface area contributed by atoms with Crippen molar-refractivity contribution in [1.29, 1.82) is 0 Å². The number of carbonyl (C=O) groups excluding carboxylic acids is 1. The molecule has 0 amide bonds. The molecule has 2 atom stereocenters. The van der Waals surface area contributed by atoms with E-state index in [1.165, 1.54) is 12.8 Å². The third-order valence-corrected chi connectivity index (χ3v) is 3.95. The quantitative estimate of drug-likeness (QED) is 0.792. The molecule has 2 fully saturated rings. The zero-order valence-electron chi connectivity index (χ0n) is 10.4. The van der Waals surface area contributed by atoms with Crippen molar-refractivity contribution in [1.82, 2.24) is 4.90 Å². The monoisotopic (exact) mass is 241 g/mol. The van der Waals surface area contributed by atoms with E-state index in [0.29, 0.717) is 18.9 Å². The van der Waals surface area contributed by atoms with Crippen LogP contribution in [-0.4, -0.2) is 54.7 Å². The zero-order chi connectivity index (χ0) is 12.1. The minimum atomic E-state index is 0.0950. The van der Waals surface area contributed by atoms with Gasteiger partial charge >= 0.3 is 0 Å². The van der Waals surface area contributed by atoms with Gasteiger partial charge in [-0.3, -0.25) is 9.69 Å². The van der Waals surface area contributed by atoms with Gasteiger partial charge in [0.25, 0.3) is 0 Å². The smallest absolute Gasteiger partial charge is 0.152 e. The van der Waals surface area contributed by atoms with Crippen LogP contribution in [0.4, 0.5) is 0 Å². The van der Waals surface area contributed by atoms with Crippen molar-refractivity contribution in [2.75, 3.05) is 32.9 Å². The second kappa shape index (κ2) is 6.47. The van der Waals surface area contributed by atoms with Gasteiger partial charge in [-0.1, -0.05) is 12.8 Å². The summed E-state index contributed by atoms with van der Waals surface area (Å²) in [6.07, 6.45) is 5.42. The number of ketones is 1. The molecule has 0 aromatic rings. The molecule has 0 aliphatic carbocycles. The summed E-state index contributed by atoms with van der Waals surface area (Å²) in [7, 11) is 0. The van der Waals surface area contributed by atoms with Crippen LogP contribution in [-0.2, 0) is 9.53 Å². The maximum Gasteiger partial charge on any atom is 0.152 e. The second-order valence-corrected chi connectivity index (χ2v) is 5.18. The summed E-state index contributed by atoms with van der Waals surface area (Å²) in [5, 5.41) is 9.39. The van der Waals surface area contributed by atoms with Crippen molar-refractivity contribution < 1.29 is 14.6 Å². The van der Waals surface area contributed by atoms with E-state index in [9.17, 15) is 9.90 Å². The van der Waals surface area contributed by atoms with Crippen molar-refractivity contribution in [3.05, 3.63) is 0 Å². The molecule has 17 heavy (non-hydrogen) atoms. The molecular formula is C13H23NO3. The number of hydrogen-bond acceptors (Lipinski definition) is 4. The fourth-order valence-corrected chi connectivity index (χ4v) is 2.77. The van der Waals surface area contributed by atoms with E-state index in [-0.39, 0.29) is 18.6 Å². The van der Waals surface area contributed by atoms with Crippen LogP contribution in [0.5, 0.6) is 0 Å². The van der Waals surface area contributed by atoms with Crippen molar-refractivity contribution in [2.45, 2.75) is 38.1 Å². The first-order chi connectivity index (χ1) is 8.31. The van der Waals surface area contributed by atoms with Crippen LogP contribution in [0.2, 0.25) is 0 Å². The molecule has 0 aromatic carbocycles. The highest BCUT2D eigenvalue weighted by Gasteiger charge is 2.28. The minimum absolute atomic E-state index is 0.0950. The molecule has 0 aromatic heterocycles. The predicted molar refractivity (Wildman–Crippen MR) is 64.8 cm³/mol. The molecule has 4 heteroatoms. The van der Waals surface area contributed by atoms with Gasteiger partial charge in [-0.05, 0) is 25.8 Å². The Morgan fingerprint density at radius 1 is 1.29 bits per heavy atom. The normalized spacial score (nSPS) is 31.4. The van der Waals surface area contributed by atoms with E-state index < -0.39 is 0 Å². The molecule has 2 rings (SSSR count). The topological polar surface area (TPSA) is 49.8 Å². The minimum Gasteiger partial charge on any atom is -0.395 e. The summed E-state index contributed by atoms with van der Waals surface area (Å²) in [5.41, 5.74) is 0. The lowest BCUT2D eigenvalue weighted by Gasteiger charge is -2.28. The van der Waals surface area contributed by atoms with Crippen LogP contribution >= 0.6 is 0 Å². The Bertz CT molecular complexity index is 251. The van der Waals surface area contributed by atoms with E-state index >= 15 is 0 Å². The van der Waals surface area contributed by atoms with Crippen LogP contribution in [0.25, 0.3) is 0 Å². The Hall–Kier alpha value is -0.450. The van der Waals surface area contributed by atoms with Crippen molar-refractivity contribution in [3.63, 3.8) is 0 Å². The molecule has 0 saturated carbocycles. The van der Waals surface area contributed by atoms with Gasteiger partial charge in [0.05, 0.1) is 19.8 Å². The summed E-state index contributed by atoms with van der Waals surface area (Å²) in [6.45, 7) is 2.94. The average Bonchev–Trinajstić information content (AvgIpc) is 2.78. The lowest BCUT2D eigenvalue weighted by atomic mass is 10.0. The molecule has 0 radical (unpaired) electrons. The number of carbonyl (C=O) groups is 1. The van der Waals surface area contributed by atoms with Gasteiger partial charge in [0.15, 0.2) is 5.78 Å². The Balaban J connectivity index is 1.87. The van der Waals surface area contributed by atoms with Gasteiger partial charge in [-0.2, -0.15) is 0 Å². The Labute approximate surface area is 103 Å². The fourth-order valence-electron chi connectivity index (χ4n) is 2.77. The number of aliphatic hydroxyl groups is 1. The zero-order valence-corrected chi connectivity index (χ0v) is 10.4. The van der Waals surface area contributed by atoms with Gasteiger partial charge < -0.3 is 9.84 Å². The van der Waals surface area contributed by atoms with E-state index in [0.717, 1.165) is 32.4 Å². The van der Waals surface area contributed by atoms with Crippen molar-refractivity contribution in [3.8, 4) is 0 Å². The van der Waals surface area contributed by atoms with Gasteiger partial charge in [-0.15, -0.1) is 0 Å². The van der Waals surface area contributed by atoms with Gasteiger partial charge in [0.1, 0.15) is 0 Å². The number of aliphatic hydroxyl groups excluding tert-OH is 1. The molecule has 4 nitrogen and oxygen atoms in total. The van der Waals surface area contributed by atoms with Crippen LogP contribution in [0.1, 0.15) is 32.1 Å². The first-order valence-electron chi connectivity index (χ1n) is 6.76. The highest BCUT2D eigenvalue weighted by molar-refractivity contribution is 5.83. The third kappa shape index (κ3) is 3.50. The molecular weight excluding hydrogens is 218 g/mol. The molecule has 0 spiro atoms. The molecule has 2 heterocycles. The molecule has 2 aliphatic heterocycles. The van der Waals surface area contributed by atoms with Crippen LogP contribution in [0.3, 0.4) is 0 Å². The maximum atomic E-state index is 12.1. The van der Waals surface area contributed by atoms with Gasteiger partial charge in [0.2, 0.25) is 0 Å². The molecule has 0 bridgehead atoms. The standard InChI is InChI=1S/C13H23NO3/c15-9-12-4-2-1-3-6-14(12)8-13(16)11-5-7-17-10-11/h11-12,15H,1-10H2. The second-order valence-electron chi connectivity index (χ2n) is 5.18. The van der Waals surface area contributed by atoms with E-state index in [2.05, 4.69) is 4.90 Å². The number of rotatable bonds is 4. The average molecular weight is 241 g/mol. The lowest BCUT2D eigenvalue weighted by Crippen LogP contribution is -2.42. The largest absolute Gasteiger partial charge is 0.395 e. The van der Waals surface area contributed by atoms with Gasteiger partial charge in [0, 0.05) is 18.6 Å². The van der Waals surface area contributed by atoms with E-state index in [4.69, 9.17) is 4.74 Å². The van der Waals surface area contributed by atoms with E-state index in [1.807, 2.05) is 0 Å². The molecule has 2 aliphatic rings. The third-order valence-electron chi connectivity index (χ3n) is 3.95. The number of ether oxygens (including phenoxy) is 1. The van der Waals surface area contributed by atoms with Crippen molar-refractivity contribution >= 4 is 5.78 Å². The number of likely N-dealkylation sites (tertiary alicyclic amines) is 1. The number of nitrogens with zero attached hydrogens (tertiary/aromatic N) is 1. The summed E-state index contributed by atoms with van der Waals surface area (Å²) >= 11 is 0. The SMILES string of the molecule is O=C(CN1CCCCCC1CO)C1CCOC1. The highest BCUT2D eigenvalue weighted by Crippen LogP contribution is 2.19. The summed E-state index contributed by atoms with van der Waals surface area (Å²) in [4.78, 5) is 14.3. The molecule has 98 valence electrons. The summed E-state index contributed by atoms with van der Waals surface area (Å²) in [6, 6.07) is 0.184. The van der Waals surface area contributed by atoms with Gasteiger partial charge in [-0.25, -0.2) is 0 Å². The summed E-state index contributed by atoms with van der Waals surface area (Å²) < 4.78 is 5.26. The molecule has 2 unspecified atom stereocenters.